The predicted molar refractivity (Wildman–Crippen MR) is 66.5 cm³/mol. The first-order valence-electron chi connectivity index (χ1n) is 5.47. The van der Waals surface area contributed by atoms with Crippen molar-refractivity contribution in [3.05, 3.63) is 18.1 Å². The topological polar surface area (TPSA) is 25.2 Å². The summed E-state index contributed by atoms with van der Waals surface area (Å²) in [5.74, 6) is 2.11. The number of hydrogen-bond donors (Lipinski definition) is 1. The lowest BCUT2D eigenvalue weighted by Gasteiger charge is -2.24. The fourth-order valence-electron chi connectivity index (χ4n) is 1.20. The molecule has 0 aliphatic rings. The quantitative estimate of drug-likeness (QED) is 0.595. The summed E-state index contributed by atoms with van der Waals surface area (Å²) < 4.78 is 5.24. The second-order valence-electron chi connectivity index (χ2n) is 4.35. The summed E-state index contributed by atoms with van der Waals surface area (Å²) in [5, 5.41) is 3.54. The zero-order chi connectivity index (χ0) is 11.3. The lowest BCUT2D eigenvalue weighted by atomic mass is 10.0. The van der Waals surface area contributed by atoms with E-state index in [4.69, 9.17) is 4.42 Å². The average molecular weight is 227 g/mol. The van der Waals surface area contributed by atoms with Gasteiger partial charge >= 0.3 is 0 Å². The maximum atomic E-state index is 5.24. The van der Waals surface area contributed by atoms with Gasteiger partial charge in [-0.2, -0.15) is 0 Å². The summed E-state index contributed by atoms with van der Waals surface area (Å²) in [5.41, 5.74) is 0.256. The Balaban J connectivity index is 2.20. The van der Waals surface area contributed by atoms with Crippen LogP contribution in [0.25, 0.3) is 0 Å². The van der Waals surface area contributed by atoms with Crippen molar-refractivity contribution in [2.75, 3.05) is 12.3 Å². The minimum atomic E-state index is 0.256. The van der Waals surface area contributed by atoms with E-state index in [1.165, 1.54) is 4.90 Å². The molecular weight excluding hydrogens is 206 g/mol. The zero-order valence-electron chi connectivity index (χ0n) is 10.1. The van der Waals surface area contributed by atoms with Gasteiger partial charge in [-0.15, -0.1) is 11.8 Å². The maximum Gasteiger partial charge on any atom is 0.114 e. The third-order valence-corrected chi connectivity index (χ3v) is 3.80. The van der Waals surface area contributed by atoms with Gasteiger partial charge in [0.1, 0.15) is 5.76 Å². The molecule has 1 aromatic rings. The lowest BCUT2D eigenvalue weighted by Crippen LogP contribution is -2.39. The monoisotopic (exact) mass is 227 g/mol. The third-order valence-electron chi connectivity index (χ3n) is 2.66. The Labute approximate surface area is 96.8 Å². The molecule has 0 spiro atoms. The molecule has 0 bridgehead atoms. The van der Waals surface area contributed by atoms with Crippen molar-refractivity contribution >= 4 is 11.8 Å². The van der Waals surface area contributed by atoms with E-state index in [-0.39, 0.29) is 5.54 Å². The first-order valence-corrected chi connectivity index (χ1v) is 6.45. The molecule has 0 unspecified atom stereocenters. The van der Waals surface area contributed by atoms with Crippen molar-refractivity contribution in [1.29, 1.82) is 0 Å². The number of rotatable bonds is 6. The predicted octanol–water partition coefficient (Wildman–Crippen LogP) is 3.46. The first kappa shape index (κ1) is 12.7. The summed E-state index contributed by atoms with van der Waals surface area (Å²) in [6, 6.07) is 2.03. The highest BCUT2D eigenvalue weighted by atomic mass is 32.2. The van der Waals surface area contributed by atoms with E-state index in [1.807, 2.05) is 24.8 Å². The summed E-state index contributed by atoms with van der Waals surface area (Å²) >= 11 is 1.85. The van der Waals surface area contributed by atoms with Crippen LogP contribution in [0.2, 0.25) is 0 Å². The van der Waals surface area contributed by atoms with Crippen LogP contribution in [0, 0.1) is 6.92 Å². The zero-order valence-corrected chi connectivity index (χ0v) is 10.9. The van der Waals surface area contributed by atoms with Gasteiger partial charge in [0.2, 0.25) is 0 Å². The highest BCUT2D eigenvalue weighted by Gasteiger charge is 2.12. The van der Waals surface area contributed by atoms with Gasteiger partial charge < -0.3 is 9.73 Å². The van der Waals surface area contributed by atoms with E-state index >= 15 is 0 Å². The molecule has 0 saturated heterocycles. The van der Waals surface area contributed by atoms with Gasteiger partial charge in [-0.25, -0.2) is 0 Å². The summed E-state index contributed by atoms with van der Waals surface area (Å²) in [7, 11) is 0. The minimum absolute atomic E-state index is 0.256. The van der Waals surface area contributed by atoms with Crippen LogP contribution in [0.3, 0.4) is 0 Å². The summed E-state index contributed by atoms with van der Waals surface area (Å²) in [6.07, 6.45) is 2.91. The van der Waals surface area contributed by atoms with E-state index in [0.717, 1.165) is 24.5 Å². The van der Waals surface area contributed by atoms with E-state index in [0.29, 0.717) is 0 Å². The minimum Gasteiger partial charge on any atom is -0.468 e. The standard InChI is InChI=1S/C12H21NOS/c1-5-12(3,4)13-7-9-15-11-6-8-14-10(11)2/h6,8,13H,5,7,9H2,1-4H3. The second-order valence-corrected chi connectivity index (χ2v) is 5.49. The molecule has 1 heterocycles. The summed E-state index contributed by atoms with van der Waals surface area (Å²) in [4.78, 5) is 1.26. The van der Waals surface area contributed by atoms with E-state index < -0.39 is 0 Å². The van der Waals surface area contributed by atoms with Crippen LogP contribution in [-0.2, 0) is 0 Å². The average Bonchev–Trinajstić information content (AvgIpc) is 2.59. The highest BCUT2D eigenvalue weighted by Crippen LogP contribution is 2.22. The Kier molecular flexibility index (Phi) is 4.74. The SMILES string of the molecule is CCC(C)(C)NCCSc1ccoc1C. The summed E-state index contributed by atoms with van der Waals surface area (Å²) in [6.45, 7) is 9.73. The van der Waals surface area contributed by atoms with Gasteiger partial charge in [-0.05, 0) is 33.3 Å². The highest BCUT2D eigenvalue weighted by molar-refractivity contribution is 7.99. The number of hydrogen-bond acceptors (Lipinski definition) is 3. The van der Waals surface area contributed by atoms with Crippen molar-refractivity contribution in [2.45, 2.75) is 44.6 Å². The molecule has 1 aromatic heterocycles. The van der Waals surface area contributed by atoms with Gasteiger partial charge in [-0.1, -0.05) is 6.92 Å². The largest absolute Gasteiger partial charge is 0.468 e. The Hall–Kier alpha value is -0.410. The van der Waals surface area contributed by atoms with E-state index in [1.54, 1.807) is 6.26 Å². The van der Waals surface area contributed by atoms with Crippen LogP contribution in [0.5, 0.6) is 0 Å². The van der Waals surface area contributed by atoms with Crippen LogP contribution in [0.4, 0.5) is 0 Å². The van der Waals surface area contributed by atoms with Crippen molar-refractivity contribution in [3.63, 3.8) is 0 Å². The first-order chi connectivity index (χ1) is 7.05. The molecule has 0 fully saturated rings. The van der Waals surface area contributed by atoms with Crippen LogP contribution in [0.1, 0.15) is 33.0 Å². The Morgan fingerprint density at radius 3 is 2.73 bits per heavy atom. The van der Waals surface area contributed by atoms with Gasteiger partial charge in [0, 0.05) is 22.7 Å². The molecule has 0 radical (unpaired) electrons. The van der Waals surface area contributed by atoms with Crippen molar-refractivity contribution in [1.82, 2.24) is 5.32 Å². The maximum absolute atomic E-state index is 5.24. The van der Waals surface area contributed by atoms with Crippen LogP contribution in [0.15, 0.2) is 21.6 Å². The van der Waals surface area contributed by atoms with Gasteiger partial charge in [0.05, 0.1) is 6.26 Å². The number of thioether (sulfide) groups is 1. The molecule has 1 rings (SSSR count). The van der Waals surface area contributed by atoms with Crippen LogP contribution in [-0.4, -0.2) is 17.8 Å². The van der Waals surface area contributed by atoms with E-state index in [2.05, 4.69) is 26.1 Å². The van der Waals surface area contributed by atoms with Gasteiger partial charge in [-0.3, -0.25) is 0 Å². The van der Waals surface area contributed by atoms with Crippen molar-refractivity contribution < 1.29 is 4.42 Å². The molecular formula is C12H21NOS. The third kappa shape index (κ3) is 4.31. The van der Waals surface area contributed by atoms with E-state index in [9.17, 15) is 0 Å². The van der Waals surface area contributed by atoms with Gasteiger partial charge in [0.15, 0.2) is 0 Å². The molecule has 0 saturated carbocycles. The van der Waals surface area contributed by atoms with Crippen molar-refractivity contribution in [3.8, 4) is 0 Å². The number of furan rings is 1. The Morgan fingerprint density at radius 2 is 2.20 bits per heavy atom. The number of nitrogens with one attached hydrogen (secondary N) is 1. The fourth-order valence-corrected chi connectivity index (χ4v) is 2.03. The molecule has 86 valence electrons. The molecule has 0 aliphatic carbocycles. The fraction of sp³-hybridized carbons (Fsp3) is 0.667. The number of aryl methyl sites for hydroxylation is 1. The smallest absolute Gasteiger partial charge is 0.114 e. The molecule has 0 atom stereocenters. The van der Waals surface area contributed by atoms with Crippen LogP contribution >= 0.6 is 11.8 Å². The Bertz CT molecular complexity index is 294. The molecule has 2 nitrogen and oxygen atoms in total. The normalized spacial score (nSPS) is 12.0. The second kappa shape index (κ2) is 5.61. The van der Waals surface area contributed by atoms with Crippen molar-refractivity contribution in [2.24, 2.45) is 0 Å². The molecule has 15 heavy (non-hydrogen) atoms. The van der Waals surface area contributed by atoms with Gasteiger partial charge in [0.25, 0.3) is 0 Å². The van der Waals surface area contributed by atoms with Crippen LogP contribution < -0.4 is 5.32 Å². The molecule has 0 aromatic carbocycles. The lowest BCUT2D eigenvalue weighted by molar-refractivity contribution is 0.388. The Morgan fingerprint density at radius 1 is 1.47 bits per heavy atom. The molecule has 0 amide bonds. The molecule has 0 aliphatic heterocycles. The molecule has 3 heteroatoms. The molecule has 1 N–H and O–H groups in total.